The van der Waals surface area contributed by atoms with Gasteiger partial charge in [0.1, 0.15) is 17.3 Å². The van der Waals surface area contributed by atoms with Crippen molar-refractivity contribution in [3.63, 3.8) is 0 Å². The summed E-state index contributed by atoms with van der Waals surface area (Å²) in [6, 6.07) is 8.89. The van der Waals surface area contributed by atoms with Gasteiger partial charge in [0.25, 0.3) is 5.91 Å². The first-order valence-electron chi connectivity index (χ1n) is 8.46. The van der Waals surface area contributed by atoms with Gasteiger partial charge < -0.3 is 19.7 Å². The Bertz CT molecular complexity index is 742. The van der Waals surface area contributed by atoms with Crippen LogP contribution in [0, 0.1) is 0 Å². The van der Waals surface area contributed by atoms with Crippen LogP contribution in [-0.2, 0) is 0 Å². The Balaban J connectivity index is 1.87. The molecule has 6 heteroatoms. The molecule has 1 aliphatic rings. The quantitative estimate of drug-likeness (QED) is 0.904. The number of hydrogen-bond donors (Lipinski definition) is 1. The maximum Gasteiger partial charge on any atom is 0.259 e. The Morgan fingerprint density at radius 3 is 2.64 bits per heavy atom. The molecule has 0 radical (unpaired) electrons. The Kier molecular flexibility index (Phi) is 5.38. The third-order valence-corrected chi connectivity index (χ3v) is 4.34. The molecule has 132 valence electrons. The largest absolute Gasteiger partial charge is 0.497 e. The van der Waals surface area contributed by atoms with E-state index in [9.17, 15) is 4.79 Å². The van der Waals surface area contributed by atoms with Gasteiger partial charge >= 0.3 is 0 Å². The zero-order valence-corrected chi connectivity index (χ0v) is 14.6. The molecule has 2 heterocycles. The molecular formula is C19H23N3O3. The zero-order chi connectivity index (χ0) is 17.6. The molecule has 1 saturated heterocycles. The summed E-state index contributed by atoms with van der Waals surface area (Å²) in [6.07, 6.45) is 5.21. The first-order chi connectivity index (χ1) is 12.2. The minimum atomic E-state index is -0.208. The van der Waals surface area contributed by atoms with E-state index in [-0.39, 0.29) is 5.91 Å². The highest BCUT2D eigenvalue weighted by atomic mass is 16.5. The lowest BCUT2D eigenvalue weighted by Crippen LogP contribution is -2.32. The Morgan fingerprint density at radius 1 is 1.12 bits per heavy atom. The van der Waals surface area contributed by atoms with E-state index in [4.69, 9.17) is 9.47 Å². The molecule has 1 N–H and O–H groups in total. The Morgan fingerprint density at radius 2 is 1.92 bits per heavy atom. The number of carbonyl (C=O) groups is 1. The summed E-state index contributed by atoms with van der Waals surface area (Å²) in [4.78, 5) is 19.5. The summed E-state index contributed by atoms with van der Waals surface area (Å²) >= 11 is 0. The zero-order valence-electron chi connectivity index (χ0n) is 14.6. The number of hydrogen-bond acceptors (Lipinski definition) is 5. The lowest BCUT2D eigenvalue weighted by Gasteiger charge is -2.29. The van der Waals surface area contributed by atoms with Crippen molar-refractivity contribution < 1.29 is 14.3 Å². The average molecular weight is 341 g/mol. The van der Waals surface area contributed by atoms with Crippen molar-refractivity contribution in [3.8, 4) is 11.5 Å². The van der Waals surface area contributed by atoms with Crippen LogP contribution in [0.5, 0.6) is 11.5 Å². The van der Waals surface area contributed by atoms with Crippen LogP contribution in [0.4, 0.5) is 11.5 Å². The molecule has 0 spiro atoms. The van der Waals surface area contributed by atoms with Crippen LogP contribution in [0.1, 0.15) is 29.6 Å². The van der Waals surface area contributed by atoms with E-state index in [0.29, 0.717) is 22.7 Å². The summed E-state index contributed by atoms with van der Waals surface area (Å²) in [6.45, 7) is 1.86. The number of ether oxygens (including phenoxy) is 2. The number of aromatic nitrogens is 1. The van der Waals surface area contributed by atoms with Gasteiger partial charge in [-0.15, -0.1) is 0 Å². The van der Waals surface area contributed by atoms with Crippen molar-refractivity contribution in [2.24, 2.45) is 0 Å². The fourth-order valence-electron chi connectivity index (χ4n) is 3.03. The molecular weight excluding hydrogens is 318 g/mol. The predicted molar refractivity (Wildman–Crippen MR) is 97.8 cm³/mol. The second kappa shape index (κ2) is 7.88. The lowest BCUT2D eigenvalue weighted by molar-refractivity contribution is 0.102. The molecule has 0 unspecified atom stereocenters. The summed E-state index contributed by atoms with van der Waals surface area (Å²) in [5, 5.41) is 2.92. The van der Waals surface area contributed by atoms with Gasteiger partial charge in [-0.05, 0) is 43.5 Å². The predicted octanol–water partition coefficient (Wildman–Crippen LogP) is 3.34. The number of pyridine rings is 1. The summed E-state index contributed by atoms with van der Waals surface area (Å²) < 4.78 is 10.6. The minimum absolute atomic E-state index is 0.208. The van der Waals surface area contributed by atoms with Crippen molar-refractivity contribution >= 4 is 17.4 Å². The number of benzene rings is 1. The van der Waals surface area contributed by atoms with Gasteiger partial charge in [-0.1, -0.05) is 0 Å². The first-order valence-corrected chi connectivity index (χ1v) is 8.46. The third-order valence-electron chi connectivity index (χ3n) is 4.34. The molecule has 0 aliphatic carbocycles. The fourth-order valence-corrected chi connectivity index (χ4v) is 3.03. The van der Waals surface area contributed by atoms with Gasteiger partial charge in [-0.25, -0.2) is 4.98 Å². The highest BCUT2D eigenvalue weighted by Crippen LogP contribution is 2.30. The number of amides is 1. The summed E-state index contributed by atoms with van der Waals surface area (Å²) in [7, 11) is 3.16. The molecule has 1 aromatic carbocycles. The van der Waals surface area contributed by atoms with Gasteiger partial charge in [-0.2, -0.15) is 0 Å². The van der Waals surface area contributed by atoms with Crippen LogP contribution in [0.15, 0.2) is 36.5 Å². The van der Waals surface area contributed by atoms with Crippen LogP contribution in [-0.4, -0.2) is 38.2 Å². The normalized spacial score (nSPS) is 14.1. The molecule has 1 fully saturated rings. The minimum Gasteiger partial charge on any atom is -0.497 e. The number of nitrogens with zero attached hydrogens (tertiary/aromatic N) is 2. The second-order valence-corrected chi connectivity index (χ2v) is 5.94. The van der Waals surface area contributed by atoms with Crippen LogP contribution >= 0.6 is 0 Å². The van der Waals surface area contributed by atoms with E-state index in [2.05, 4.69) is 15.2 Å². The number of carbonyl (C=O) groups excluding carboxylic acids is 1. The van der Waals surface area contributed by atoms with Crippen LogP contribution < -0.4 is 19.7 Å². The smallest absolute Gasteiger partial charge is 0.259 e. The van der Waals surface area contributed by atoms with E-state index >= 15 is 0 Å². The number of methoxy groups -OCH3 is 2. The van der Waals surface area contributed by atoms with Crippen molar-refractivity contribution in [2.75, 3.05) is 37.5 Å². The van der Waals surface area contributed by atoms with E-state index in [1.54, 1.807) is 50.7 Å². The molecule has 1 aromatic heterocycles. The summed E-state index contributed by atoms with van der Waals surface area (Å²) in [5.74, 6) is 1.76. The van der Waals surface area contributed by atoms with E-state index < -0.39 is 0 Å². The number of anilines is 2. The molecule has 25 heavy (non-hydrogen) atoms. The highest BCUT2D eigenvalue weighted by Gasteiger charge is 2.20. The van der Waals surface area contributed by atoms with E-state index in [1.807, 2.05) is 0 Å². The van der Waals surface area contributed by atoms with Crippen molar-refractivity contribution in [3.05, 3.63) is 42.1 Å². The average Bonchev–Trinajstić information content (AvgIpc) is 2.68. The molecule has 1 amide bonds. The lowest BCUT2D eigenvalue weighted by atomic mass is 10.1. The molecule has 0 bridgehead atoms. The molecule has 3 rings (SSSR count). The van der Waals surface area contributed by atoms with Crippen molar-refractivity contribution in [1.29, 1.82) is 0 Å². The Labute approximate surface area is 147 Å². The van der Waals surface area contributed by atoms with Gasteiger partial charge in [0.15, 0.2) is 0 Å². The Hall–Kier alpha value is -2.76. The number of piperidine rings is 1. The first kappa shape index (κ1) is 17.1. The van der Waals surface area contributed by atoms with Crippen LogP contribution in [0.2, 0.25) is 0 Å². The molecule has 2 aromatic rings. The molecule has 6 nitrogen and oxygen atoms in total. The van der Waals surface area contributed by atoms with Gasteiger partial charge in [0.05, 0.1) is 25.5 Å². The number of nitrogens with one attached hydrogen (secondary N) is 1. The SMILES string of the molecule is COc1ccc(OC)c(NC(=O)c2cccnc2N2CCCCC2)c1. The standard InChI is InChI=1S/C19H23N3O3/c1-24-14-8-9-17(25-2)16(13-14)21-19(23)15-7-6-10-20-18(15)22-11-4-3-5-12-22/h6-10,13H,3-5,11-12H2,1-2H3,(H,21,23). The monoisotopic (exact) mass is 341 g/mol. The molecule has 0 atom stereocenters. The van der Waals surface area contributed by atoms with E-state index in [0.717, 1.165) is 31.7 Å². The van der Waals surface area contributed by atoms with Crippen molar-refractivity contribution in [2.45, 2.75) is 19.3 Å². The molecule has 0 saturated carbocycles. The van der Waals surface area contributed by atoms with Gasteiger partial charge in [0.2, 0.25) is 0 Å². The van der Waals surface area contributed by atoms with Crippen molar-refractivity contribution in [1.82, 2.24) is 4.98 Å². The van der Waals surface area contributed by atoms with Crippen LogP contribution in [0.25, 0.3) is 0 Å². The fraction of sp³-hybridized carbons (Fsp3) is 0.368. The van der Waals surface area contributed by atoms with Gasteiger partial charge in [0, 0.05) is 25.4 Å². The second-order valence-electron chi connectivity index (χ2n) is 5.94. The van der Waals surface area contributed by atoms with E-state index in [1.165, 1.54) is 6.42 Å². The van der Waals surface area contributed by atoms with Crippen LogP contribution in [0.3, 0.4) is 0 Å². The maximum atomic E-state index is 12.9. The number of rotatable bonds is 5. The van der Waals surface area contributed by atoms with Gasteiger partial charge in [-0.3, -0.25) is 4.79 Å². The summed E-state index contributed by atoms with van der Waals surface area (Å²) in [5.41, 5.74) is 1.13. The molecule has 1 aliphatic heterocycles. The highest BCUT2D eigenvalue weighted by molar-refractivity contribution is 6.08. The topological polar surface area (TPSA) is 63.7 Å². The third kappa shape index (κ3) is 3.84. The maximum absolute atomic E-state index is 12.9.